The molecule has 0 N–H and O–H groups in total. The van der Waals surface area contributed by atoms with E-state index in [1.54, 1.807) is 0 Å². The molecule has 0 radical (unpaired) electrons. The largest absolute Gasteiger partial charge is 0.341 e. The molecule has 1 heterocycles. The van der Waals surface area contributed by atoms with Crippen molar-refractivity contribution in [3.63, 3.8) is 0 Å². The summed E-state index contributed by atoms with van der Waals surface area (Å²) in [4.78, 5) is 14.5. The highest BCUT2D eigenvalue weighted by Crippen LogP contribution is 2.40. The van der Waals surface area contributed by atoms with Crippen molar-refractivity contribution in [2.24, 2.45) is 17.3 Å². The number of piperidine rings is 1. The van der Waals surface area contributed by atoms with Gasteiger partial charge in [-0.15, -0.1) is 0 Å². The SMILES string of the molecule is CC1CC(C)CN(C(=O)C2(C#N)CCCC2)C1. The van der Waals surface area contributed by atoms with Crippen molar-refractivity contribution in [1.29, 1.82) is 5.26 Å². The summed E-state index contributed by atoms with van der Waals surface area (Å²) in [7, 11) is 0. The van der Waals surface area contributed by atoms with Gasteiger partial charge < -0.3 is 4.90 Å². The standard InChI is InChI=1S/C14H22N2O/c1-11-7-12(2)9-16(8-11)13(17)14(10-15)5-3-4-6-14/h11-12H,3-9H2,1-2H3. The summed E-state index contributed by atoms with van der Waals surface area (Å²) < 4.78 is 0. The van der Waals surface area contributed by atoms with E-state index in [2.05, 4.69) is 19.9 Å². The smallest absolute Gasteiger partial charge is 0.243 e. The molecular formula is C14H22N2O. The maximum Gasteiger partial charge on any atom is 0.243 e. The van der Waals surface area contributed by atoms with Crippen LogP contribution < -0.4 is 0 Å². The lowest BCUT2D eigenvalue weighted by Gasteiger charge is -2.38. The average Bonchev–Trinajstić information content (AvgIpc) is 2.76. The Morgan fingerprint density at radius 3 is 2.24 bits per heavy atom. The number of nitrogens with zero attached hydrogens (tertiary/aromatic N) is 2. The molecule has 17 heavy (non-hydrogen) atoms. The normalized spacial score (nSPS) is 32.2. The number of carbonyl (C=O) groups is 1. The summed E-state index contributed by atoms with van der Waals surface area (Å²) in [6, 6.07) is 2.31. The number of carbonyl (C=O) groups excluding carboxylic acids is 1. The summed E-state index contributed by atoms with van der Waals surface area (Å²) in [5.74, 6) is 1.25. The fraction of sp³-hybridized carbons (Fsp3) is 0.857. The first kappa shape index (κ1) is 12.4. The van der Waals surface area contributed by atoms with Crippen molar-refractivity contribution in [3.05, 3.63) is 0 Å². The number of hydrogen-bond acceptors (Lipinski definition) is 2. The van der Waals surface area contributed by atoms with Crippen molar-refractivity contribution in [1.82, 2.24) is 4.90 Å². The summed E-state index contributed by atoms with van der Waals surface area (Å²) in [5.41, 5.74) is -0.684. The van der Waals surface area contributed by atoms with Crippen molar-refractivity contribution in [2.45, 2.75) is 46.0 Å². The molecule has 0 bridgehead atoms. The lowest BCUT2D eigenvalue weighted by atomic mass is 9.84. The van der Waals surface area contributed by atoms with E-state index in [9.17, 15) is 10.1 Å². The highest BCUT2D eigenvalue weighted by atomic mass is 16.2. The van der Waals surface area contributed by atoms with Gasteiger partial charge in [0.05, 0.1) is 6.07 Å². The Hall–Kier alpha value is -1.04. The minimum atomic E-state index is -0.684. The Bertz CT molecular complexity index is 329. The number of amides is 1. The van der Waals surface area contributed by atoms with Crippen LogP contribution in [0, 0.1) is 28.6 Å². The number of likely N-dealkylation sites (tertiary alicyclic amines) is 1. The zero-order chi connectivity index (χ0) is 12.5. The monoisotopic (exact) mass is 234 g/mol. The first-order valence-corrected chi connectivity index (χ1v) is 6.78. The van der Waals surface area contributed by atoms with E-state index in [0.29, 0.717) is 11.8 Å². The molecule has 2 atom stereocenters. The van der Waals surface area contributed by atoms with Crippen LogP contribution in [0.25, 0.3) is 0 Å². The second-order valence-electron chi connectivity index (χ2n) is 6.06. The molecule has 1 saturated heterocycles. The van der Waals surface area contributed by atoms with Crippen LogP contribution in [0.4, 0.5) is 0 Å². The molecule has 1 saturated carbocycles. The molecule has 94 valence electrons. The van der Waals surface area contributed by atoms with E-state index in [1.807, 2.05) is 4.90 Å². The predicted molar refractivity (Wildman–Crippen MR) is 66.0 cm³/mol. The van der Waals surface area contributed by atoms with Gasteiger partial charge in [-0.25, -0.2) is 0 Å². The third-order valence-electron chi connectivity index (χ3n) is 4.24. The highest BCUT2D eigenvalue weighted by molar-refractivity contribution is 5.86. The van der Waals surface area contributed by atoms with Crippen molar-refractivity contribution >= 4 is 5.91 Å². The lowest BCUT2D eigenvalue weighted by molar-refractivity contribution is -0.141. The molecule has 1 amide bonds. The van der Waals surface area contributed by atoms with Gasteiger partial charge >= 0.3 is 0 Å². The third kappa shape index (κ3) is 2.31. The average molecular weight is 234 g/mol. The third-order valence-corrected chi connectivity index (χ3v) is 4.24. The molecule has 2 fully saturated rings. The zero-order valence-corrected chi connectivity index (χ0v) is 10.9. The van der Waals surface area contributed by atoms with E-state index >= 15 is 0 Å². The summed E-state index contributed by atoms with van der Waals surface area (Å²) in [6.07, 6.45) is 4.78. The van der Waals surface area contributed by atoms with Gasteiger partial charge in [-0.05, 0) is 31.1 Å². The van der Waals surface area contributed by atoms with Gasteiger partial charge in [0.2, 0.25) is 5.91 Å². The Balaban J connectivity index is 2.11. The molecule has 0 spiro atoms. The quantitative estimate of drug-likeness (QED) is 0.700. The molecule has 2 unspecified atom stereocenters. The Labute approximate surface area is 104 Å². The predicted octanol–water partition coefficient (Wildman–Crippen LogP) is 2.57. The van der Waals surface area contributed by atoms with E-state index in [-0.39, 0.29) is 5.91 Å². The molecule has 1 aliphatic carbocycles. The molecule has 3 nitrogen and oxygen atoms in total. The zero-order valence-electron chi connectivity index (χ0n) is 10.9. The van der Waals surface area contributed by atoms with Crippen LogP contribution in [0.5, 0.6) is 0 Å². The van der Waals surface area contributed by atoms with Crippen LogP contribution in [0.1, 0.15) is 46.0 Å². The highest BCUT2D eigenvalue weighted by Gasteiger charge is 2.45. The molecule has 2 aliphatic rings. The summed E-state index contributed by atoms with van der Waals surface area (Å²) in [5, 5.41) is 9.35. The van der Waals surface area contributed by atoms with Crippen molar-refractivity contribution in [2.75, 3.05) is 13.1 Å². The number of hydrogen-bond donors (Lipinski definition) is 0. The maximum atomic E-state index is 12.5. The first-order valence-electron chi connectivity index (χ1n) is 6.78. The Morgan fingerprint density at radius 1 is 1.24 bits per heavy atom. The Kier molecular flexibility index (Phi) is 3.42. The van der Waals surface area contributed by atoms with Crippen LogP contribution in [-0.2, 0) is 4.79 Å². The van der Waals surface area contributed by atoms with Crippen LogP contribution >= 0.6 is 0 Å². The van der Waals surface area contributed by atoms with E-state index in [4.69, 9.17) is 0 Å². The van der Waals surface area contributed by atoms with Gasteiger partial charge in [0.25, 0.3) is 0 Å². The topological polar surface area (TPSA) is 44.1 Å². The van der Waals surface area contributed by atoms with E-state index < -0.39 is 5.41 Å². The minimum Gasteiger partial charge on any atom is -0.341 e. The maximum absolute atomic E-state index is 12.5. The summed E-state index contributed by atoms with van der Waals surface area (Å²) >= 11 is 0. The van der Waals surface area contributed by atoms with Crippen LogP contribution in [-0.4, -0.2) is 23.9 Å². The van der Waals surface area contributed by atoms with Gasteiger partial charge in [-0.1, -0.05) is 26.7 Å². The van der Waals surface area contributed by atoms with E-state index in [0.717, 1.165) is 38.8 Å². The molecule has 0 aromatic carbocycles. The summed E-state index contributed by atoms with van der Waals surface area (Å²) in [6.45, 7) is 6.08. The van der Waals surface area contributed by atoms with Crippen molar-refractivity contribution in [3.8, 4) is 6.07 Å². The molecule has 0 aromatic rings. The molecule has 3 heteroatoms. The Morgan fingerprint density at radius 2 is 1.76 bits per heavy atom. The van der Waals surface area contributed by atoms with Crippen LogP contribution in [0.15, 0.2) is 0 Å². The van der Waals surface area contributed by atoms with Gasteiger partial charge in [0.15, 0.2) is 0 Å². The van der Waals surface area contributed by atoms with Gasteiger partial charge in [0.1, 0.15) is 5.41 Å². The van der Waals surface area contributed by atoms with Gasteiger partial charge in [-0.2, -0.15) is 5.26 Å². The minimum absolute atomic E-state index is 0.107. The molecule has 0 aromatic heterocycles. The fourth-order valence-electron chi connectivity index (χ4n) is 3.48. The van der Waals surface area contributed by atoms with Gasteiger partial charge in [0, 0.05) is 13.1 Å². The van der Waals surface area contributed by atoms with Crippen LogP contribution in [0.2, 0.25) is 0 Å². The van der Waals surface area contributed by atoms with Gasteiger partial charge in [-0.3, -0.25) is 4.79 Å². The second-order valence-corrected chi connectivity index (χ2v) is 6.06. The molecule has 2 rings (SSSR count). The number of nitriles is 1. The first-order chi connectivity index (χ1) is 8.07. The second kappa shape index (κ2) is 4.68. The lowest BCUT2D eigenvalue weighted by Crippen LogP contribution is -2.48. The van der Waals surface area contributed by atoms with Crippen molar-refractivity contribution < 1.29 is 4.79 Å². The molecule has 1 aliphatic heterocycles. The van der Waals surface area contributed by atoms with E-state index in [1.165, 1.54) is 6.42 Å². The molecular weight excluding hydrogens is 212 g/mol. The number of rotatable bonds is 1. The fourth-order valence-corrected chi connectivity index (χ4v) is 3.48. The van der Waals surface area contributed by atoms with Crippen LogP contribution in [0.3, 0.4) is 0 Å².